The van der Waals surface area contributed by atoms with Crippen LogP contribution in [-0.4, -0.2) is 29.3 Å². The molecule has 0 saturated heterocycles. The van der Waals surface area contributed by atoms with Crippen LogP contribution in [0.2, 0.25) is 0 Å². The third-order valence-electron chi connectivity index (χ3n) is 5.78. The smallest absolute Gasteiger partial charge is 0.243 e. The Morgan fingerprint density at radius 2 is 1.62 bits per heavy atom. The number of unbranched alkanes of at least 4 members (excludes halogenated alkanes) is 1. The average Bonchev–Trinajstić information content (AvgIpc) is 2.82. The third-order valence-corrected chi connectivity index (χ3v) is 6.27. The van der Waals surface area contributed by atoms with Gasteiger partial charge in [-0.05, 0) is 42.2 Å². The molecule has 0 radical (unpaired) electrons. The Morgan fingerprint density at radius 1 is 0.912 bits per heavy atom. The number of benzene rings is 3. The summed E-state index contributed by atoms with van der Waals surface area (Å²) >= 11 is 3.53. The molecule has 1 unspecified atom stereocenters. The van der Waals surface area contributed by atoms with E-state index < -0.39 is 6.04 Å². The Kier molecular flexibility index (Phi) is 9.89. The standard InChI is InChI=1S/C29H33BrN2O2/c1-3-4-16-31-29(34)27(19-23-11-6-5-7-12-23)32(21-25-14-9-15-26(30)18-25)28(33)20-24-13-8-10-22(2)17-24/h5-15,17-18,27H,3-4,16,19-21H2,1-2H3,(H,31,34). The molecule has 1 N–H and O–H groups in total. The van der Waals surface area contributed by atoms with Gasteiger partial charge >= 0.3 is 0 Å². The minimum Gasteiger partial charge on any atom is -0.354 e. The summed E-state index contributed by atoms with van der Waals surface area (Å²) in [6.45, 7) is 5.09. The molecular weight excluding hydrogens is 488 g/mol. The monoisotopic (exact) mass is 520 g/mol. The summed E-state index contributed by atoms with van der Waals surface area (Å²) in [4.78, 5) is 28.9. The van der Waals surface area contributed by atoms with Crippen molar-refractivity contribution in [1.82, 2.24) is 10.2 Å². The lowest BCUT2D eigenvalue weighted by Crippen LogP contribution is -2.51. The van der Waals surface area contributed by atoms with E-state index in [1.165, 1.54) is 0 Å². The number of nitrogens with zero attached hydrogens (tertiary/aromatic N) is 1. The van der Waals surface area contributed by atoms with Crippen LogP contribution in [0.4, 0.5) is 0 Å². The van der Waals surface area contributed by atoms with Gasteiger partial charge in [0.2, 0.25) is 11.8 Å². The second-order valence-corrected chi connectivity index (χ2v) is 9.58. The lowest BCUT2D eigenvalue weighted by Gasteiger charge is -2.32. The van der Waals surface area contributed by atoms with E-state index >= 15 is 0 Å². The van der Waals surface area contributed by atoms with Crippen LogP contribution >= 0.6 is 15.9 Å². The van der Waals surface area contributed by atoms with E-state index in [1.54, 1.807) is 4.90 Å². The molecule has 0 aromatic heterocycles. The highest BCUT2D eigenvalue weighted by atomic mass is 79.9. The van der Waals surface area contributed by atoms with Crippen LogP contribution in [0.1, 0.15) is 42.0 Å². The molecule has 4 nitrogen and oxygen atoms in total. The van der Waals surface area contributed by atoms with Gasteiger partial charge < -0.3 is 10.2 Å². The first-order valence-corrected chi connectivity index (χ1v) is 12.7. The van der Waals surface area contributed by atoms with E-state index in [-0.39, 0.29) is 18.2 Å². The van der Waals surface area contributed by atoms with E-state index in [4.69, 9.17) is 0 Å². The van der Waals surface area contributed by atoms with Crippen molar-refractivity contribution in [1.29, 1.82) is 0 Å². The lowest BCUT2D eigenvalue weighted by molar-refractivity contribution is -0.140. The van der Waals surface area contributed by atoms with Crippen LogP contribution in [0.25, 0.3) is 0 Å². The molecular formula is C29H33BrN2O2. The van der Waals surface area contributed by atoms with Gasteiger partial charge in [0, 0.05) is 24.0 Å². The third kappa shape index (κ3) is 7.84. The van der Waals surface area contributed by atoms with E-state index in [9.17, 15) is 9.59 Å². The van der Waals surface area contributed by atoms with Crippen molar-refractivity contribution in [2.24, 2.45) is 0 Å². The van der Waals surface area contributed by atoms with Crippen molar-refractivity contribution in [3.63, 3.8) is 0 Å². The zero-order valence-electron chi connectivity index (χ0n) is 20.0. The molecule has 0 saturated carbocycles. The van der Waals surface area contributed by atoms with E-state index in [1.807, 2.05) is 85.8 Å². The van der Waals surface area contributed by atoms with Crippen LogP contribution in [0, 0.1) is 6.92 Å². The fourth-order valence-electron chi connectivity index (χ4n) is 3.99. The first kappa shape index (κ1) is 25.7. The normalized spacial score (nSPS) is 11.6. The quantitative estimate of drug-likeness (QED) is 0.322. The van der Waals surface area contributed by atoms with E-state index in [0.717, 1.165) is 39.6 Å². The molecule has 3 aromatic carbocycles. The number of nitrogens with one attached hydrogen (secondary N) is 1. The Morgan fingerprint density at radius 3 is 2.32 bits per heavy atom. The molecule has 0 bridgehead atoms. The van der Waals surface area contributed by atoms with Crippen LogP contribution in [-0.2, 0) is 29.0 Å². The van der Waals surface area contributed by atoms with Gasteiger partial charge in [-0.15, -0.1) is 0 Å². The molecule has 0 aliphatic rings. The maximum Gasteiger partial charge on any atom is 0.243 e. The molecule has 3 rings (SSSR count). The molecule has 0 aliphatic carbocycles. The van der Waals surface area contributed by atoms with Crippen molar-refractivity contribution in [2.75, 3.05) is 6.54 Å². The van der Waals surface area contributed by atoms with Gasteiger partial charge in [-0.1, -0.05) is 102 Å². The Balaban J connectivity index is 1.94. The zero-order valence-corrected chi connectivity index (χ0v) is 21.6. The number of hydrogen-bond donors (Lipinski definition) is 1. The summed E-state index contributed by atoms with van der Waals surface area (Å²) in [6, 6.07) is 25.2. The van der Waals surface area contributed by atoms with Crippen LogP contribution in [0.15, 0.2) is 83.3 Å². The number of hydrogen-bond acceptors (Lipinski definition) is 2. The van der Waals surface area contributed by atoms with E-state index in [2.05, 4.69) is 28.2 Å². The number of aryl methyl sites for hydroxylation is 1. The molecule has 178 valence electrons. The first-order chi connectivity index (χ1) is 16.5. The highest BCUT2D eigenvalue weighted by Gasteiger charge is 2.30. The summed E-state index contributed by atoms with van der Waals surface area (Å²) < 4.78 is 0.947. The molecule has 0 heterocycles. The van der Waals surface area contributed by atoms with Crippen LogP contribution in [0.5, 0.6) is 0 Å². The van der Waals surface area contributed by atoms with Crippen molar-refractivity contribution in [3.8, 4) is 0 Å². The number of amides is 2. The predicted molar refractivity (Wildman–Crippen MR) is 141 cm³/mol. The summed E-state index contributed by atoms with van der Waals surface area (Å²) in [5.41, 5.74) is 4.07. The molecule has 3 aromatic rings. The fourth-order valence-corrected chi connectivity index (χ4v) is 4.44. The first-order valence-electron chi connectivity index (χ1n) is 11.9. The molecule has 2 amide bonds. The average molecular weight is 521 g/mol. The minimum absolute atomic E-state index is 0.0582. The number of halogens is 1. The van der Waals surface area contributed by atoms with Crippen molar-refractivity contribution >= 4 is 27.7 Å². The van der Waals surface area contributed by atoms with E-state index in [0.29, 0.717) is 19.5 Å². The second kappa shape index (κ2) is 13.1. The van der Waals surface area contributed by atoms with Crippen molar-refractivity contribution < 1.29 is 9.59 Å². The predicted octanol–water partition coefficient (Wildman–Crippen LogP) is 5.86. The van der Waals surface area contributed by atoms with Gasteiger partial charge in [0.1, 0.15) is 6.04 Å². The fraction of sp³-hybridized carbons (Fsp3) is 0.310. The maximum atomic E-state index is 13.7. The largest absolute Gasteiger partial charge is 0.354 e. The Hall–Kier alpha value is -2.92. The Bertz CT molecular complexity index is 1080. The van der Waals surface area contributed by atoms with Gasteiger partial charge in [0.05, 0.1) is 6.42 Å². The number of rotatable bonds is 11. The topological polar surface area (TPSA) is 49.4 Å². The Labute approximate surface area is 211 Å². The molecule has 0 fully saturated rings. The summed E-state index contributed by atoms with van der Waals surface area (Å²) in [5, 5.41) is 3.07. The summed E-state index contributed by atoms with van der Waals surface area (Å²) in [7, 11) is 0. The van der Waals surface area contributed by atoms with Gasteiger partial charge in [-0.25, -0.2) is 0 Å². The lowest BCUT2D eigenvalue weighted by atomic mass is 10.0. The number of carbonyl (C=O) groups is 2. The molecule has 1 atom stereocenters. The van der Waals surface area contributed by atoms with Gasteiger partial charge in [0.15, 0.2) is 0 Å². The number of carbonyl (C=O) groups excluding carboxylic acids is 2. The maximum absolute atomic E-state index is 13.7. The van der Waals surface area contributed by atoms with Gasteiger partial charge in [-0.3, -0.25) is 9.59 Å². The summed E-state index contributed by atoms with van der Waals surface area (Å²) in [6.07, 6.45) is 2.62. The van der Waals surface area contributed by atoms with Gasteiger partial charge in [0.25, 0.3) is 0 Å². The van der Waals surface area contributed by atoms with Crippen molar-refractivity contribution in [2.45, 2.75) is 52.1 Å². The highest BCUT2D eigenvalue weighted by molar-refractivity contribution is 9.10. The molecule has 34 heavy (non-hydrogen) atoms. The highest BCUT2D eigenvalue weighted by Crippen LogP contribution is 2.19. The summed E-state index contributed by atoms with van der Waals surface area (Å²) in [5.74, 6) is -0.165. The zero-order chi connectivity index (χ0) is 24.3. The van der Waals surface area contributed by atoms with Crippen LogP contribution in [0.3, 0.4) is 0 Å². The molecule has 0 aliphatic heterocycles. The van der Waals surface area contributed by atoms with Crippen LogP contribution < -0.4 is 5.32 Å². The molecule has 0 spiro atoms. The minimum atomic E-state index is -0.601. The molecule has 5 heteroatoms. The van der Waals surface area contributed by atoms with Crippen molar-refractivity contribution in [3.05, 3.63) is 106 Å². The second-order valence-electron chi connectivity index (χ2n) is 8.67. The SMILES string of the molecule is CCCCNC(=O)C(Cc1ccccc1)N(Cc1cccc(Br)c1)C(=O)Cc1cccc(C)c1. The van der Waals surface area contributed by atoms with Gasteiger partial charge in [-0.2, -0.15) is 0 Å².